The van der Waals surface area contributed by atoms with Crippen LogP contribution in [0.15, 0.2) is 12.4 Å². The van der Waals surface area contributed by atoms with E-state index in [1.165, 1.54) is 6.20 Å². The number of aromatic nitrogens is 2. The van der Waals surface area contributed by atoms with Crippen LogP contribution in [0.3, 0.4) is 0 Å². The van der Waals surface area contributed by atoms with E-state index in [0.29, 0.717) is 17.0 Å². The lowest BCUT2D eigenvalue weighted by atomic mass is 10.1. The lowest BCUT2D eigenvalue weighted by Crippen LogP contribution is -2.30. The molecular formula is C9H12ClN3O. The van der Waals surface area contributed by atoms with Gasteiger partial charge in [-0.2, -0.15) is 0 Å². The molecule has 5 heteroatoms. The SMILES string of the molecule is Clc1cncc(NC2CCCOC2)n1. The highest BCUT2D eigenvalue weighted by atomic mass is 35.5. The molecule has 1 aliphatic heterocycles. The minimum Gasteiger partial charge on any atom is -0.379 e. The van der Waals surface area contributed by atoms with Crippen LogP contribution in [-0.2, 0) is 4.74 Å². The number of halogens is 1. The van der Waals surface area contributed by atoms with E-state index in [2.05, 4.69) is 15.3 Å². The van der Waals surface area contributed by atoms with Crippen molar-refractivity contribution in [1.29, 1.82) is 0 Å². The summed E-state index contributed by atoms with van der Waals surface area (Å²) in [6, 6.07) is 0.330. The molecule has 2 heterocycles. The minimum absolute atomic E-state index is 0.330. The standard InChI is InChI=1S/C9H12ClN3O/c10-8-4-11-5-9(13-8)12-7-2-1-3-14-6-7/h4-5,7H,1-3,6H2,(H,12,13). The van der Waals surface area contributed by atoms with Gasteiger partial charge in [0.15, 0.2) is 0 Å². The van der Waals surface area contributed by atoms with Gasteiger partial charge >= 0.3 is 0 Å². The Kier molecular flexibility index (Phi) is 3.16. The highest BCUT2D eigenvalue weighted by Gasteiger charge is 2.13. The van der Waals surface area contributed by atoms with E-state index in [1.54, 1.807) is 6.20 Å². The van der Waals surface area contributed by atoms with Crippen LogP contribution in [0.5, 0.6) is 0 Å². The second-order valence-corrected chi connectivity index (χ2v) is 3.67. The van der Waals surface area contributed by atoms with Gasteiger partial charge in [0.25, 0.3) is 0 Å². The van der Waals surface area contributed by atoms with Gasteiger partial charge in [-0.05, 0) is 12.8 Å². The summed E-state index contributed by atoms with van der Waals surface area (Å²) in [5.74, 6) is 0.716. The van der Waals surface area contributed by atoms with Gasteiger partial charge in [0.1, 0.15) is 11.0 Å². The van der Waals surface area contributed by atoms with Crippen LogP contribution >= 0.6 is 11.6 Å². The second kappa shape index (κ2) is 4.57. The highest BCUT2D eigenvalue weighted by Crippen LogP contribution is 2.13. The quantitative estimate of drug-likeness (QED) is 0.813. The van der Waals surface area contributed by atoms with Crippen molar-refractivity contribution in [3.05, 3.63) is 17.5 Å². The van der Waals surface area contributed by atoms with E-state index in [-0.39, 0.29) is 0 Å². The predicted octanol–water partition coefficient (Wildman–Crippen LogP) is 1.72. The number of nitrogens with one attached hydrogen (secondary N) is 1. The zero-order valence-electron chi connectivity index (χ0n) is 7.74. The van der Waals surface area contributed by atoms with Crippen molar-refractivity contribution in [1.82, 2.24) is 9.97 Å². The fourth-order valence-corrected chi connectivity index (χ4v) is 1.62. The number of anilines is 1. The number of nitrogens with zero attached hydrogens (tertiary/aromatic N) is 2. The topological polar surface area (TPSA) is 47.0 Å². The van der Waals surface area contributed by atoms with E-state index < -0.39 is 0 Å². The van der Waals surface area contributed by atoms with Crippen molar-refractivity contribution in [3.8, 4) is 0 Å². The molecule has 4 nitrogen and oxygen atoms in total. The average molecular weight is 214 g/mol. The molecule has 1 N–H and O–H groups in total. The van der Waals surface area contributed by atoms with E-state index in [1.807, 2.05) is 0 Å². The molecular weight excluding hydrogens is 202 g/mol. The smallest absolute Gasteiger partial charge is 0.149 e. The van der Waals surface area contributed by atoms with E-state index in [9.17, 15) is 0 Å². The lowest BCUT2D eigenvalue weighted by molar-refractivity contribution is 0.0875. The number of hydrogen-bond donors (Lipinski definition) is 1. The first-order valence-electron chi connectivity index (χ1n) is 4.66. The first kappa shape index (κ1) is 9.68. The summed E-state index contributed by atoms with van der Waals surface area (Å²) in [7, 11) is 0. The molecule has 0 bridgehead atoms. The van der Waals surface area contributed by atoms with Crippen molar-refractivity contribution in [2.24, 2.45) is 0 Å². The van der Waals surface area contributed by atoms with Crippen LogP contribution in [0.4, 0.5) is 5.82 Å². The van der Waals surface area contributed by atoms with Crippen molar-refractivity contribution in [3.63, 3.8) is 0 Å². The lowest BCUT2D eigenvalue weighted by Gasteiger charge is -2.23. The normalized spacial score (nSPS) is 21.9. The molecule has 1 fully saturated rings. The maximum atomic E-state index is 5.72. The molecule has 14 heavy (non-hydrogen) atoms. The summed E-state index contributed by atoms with van der Waals surface area (Å²) >= 11 is 5.72. The molecule has 2 rings (SSSR count). The van der Waals surface area contributed by atoms with Gasteiger partial charge in [-0.25, -0.2) is 4.98 Å². The van der Waals surface area contributed by atoms with Crippen LogP contribution in [-0.4, -0.2) is 29.2 Å². The van der Waals surface area contributed by atoms with Gasteiger partial charge in [-0.15, -0.1) is 0 Å². The van der Waals surface area contributed by atoms with Crippen molar-refractivity contribution < 1.29 is 4.74 Å². The van der Waals surface area contributed by atoms with Crippen LogP contribution in [0.2, 0.25) is 5.15 Å². The zero-order valence-corrected chi connectivity index (χ0v) is 8.50. The van der Waals surface area contributed by atoms with E-state index >= 15 is 0 Å². The fourth-order valence-electron chi connectivity index (χ4n) is 1.48. The summed E-state index contributed by atoms with van der Waals surface area (Å²) in [5, 5.41) is 3.65. The predicted molar refractivity (Wildman–Crippen MR) is 54.5 cm³/mol. The summed E-state index contributed by atoms with van der Waals surface area (Å²) in [6.07, 6.45) is 5.38. The van der Waals surface area contributed by atoms with Gasteiger partial charge in [0.2, 0.25) is 0 Å². The fraction of sp³-hybridized carbons (Fsp3) is 0.556. The van der Waals surface area contributed by atoms with Crippen LogP contribution in [0.1, 0.15) is 12.8 Å². The van der Waals surface area contributed by atoms with Gasteiger partial charge < -0.3 is 10.1 Å². The Hall–Kier alpha value is -0.870. The zero-order chi connectivity index (χ0) is 9.80. The first-order chi connectivity index (χ1) is 6.84. The Morgan fingerprint density at radius 3 is 3.14 bits per heavy atom. The molecule has 0 aromatic carbocycles. The molecule has 1 unspecified atom stereocenters. The minimum atomic E-state index is 0.330. The monoisotopic (exact) mass is 213 g/mol. The Balaban J connectivity index is 1.95. The molecule has 0 aliphatic carbocycles. The van der Waals surface area contributed by atoms with Crippen LogP contribution < -0.4 is 5.32 Å². The van der Waals surface area contributed by atoms with E-state index in [0.717, 1.165) is 26.1 Å². The van der Waals surface area contributed by atoms with Crippen molar-refractivity contribution in [2.45, 2.75) is 18.9 Å². The van der Waals surface area contributed by atoms with Gasteiger partial charge in [-0.1, -0.05) is 11.6 Å². The molecule has 1 atom stereocenters. The average Bonchev–Trinajstić information content (AvgIpc) is 2.19. The summed E-state index contributed by atoms with van der Waals surface area (Å²) < 4.78 is 5.34. The van der Waals surface area contributed by atoms with Gasteiger partial charge in [0.05, 0.1) is 25.0 Å². The molecule has 0 saturated carbocycles. The van der Waals surface area contributed by atoms with Crippen molar-refractivity contribution >= 4 is 17.4 Å². The number of ether oxygens (including phenoxy) is 1. The van der Waals surface area contributed by atoms with Crippen LogP contribution in [0, 0.1) is 0 Å². The van der Waals surface area contributed by atoms with Gasteiger partial charge in [0, 0.05) is 6.61 Å². The highest BCUT2D eigenvalue weighted by molar-refractivity contribution is 6.29. The molecule has 0 radical (unpaired) electrons. The molecule has 1 saturated heterocycles. The molecule has 0 amide bonds. The molecule has 1 aromatic rings. The molecule has 1 aromatic heterocycles. The maximum Gasteiger partial charge on any atom is 0.149 e. The Bertz CT molecular complexity index is 302. The maximum absolute atomic E-state index is 5.72. The summed E-state index contributed by atoms with van der Waals surface area (Å²) in [5.41, 5.74) is 0. The van der Waals surface area contributed by atoms with Crippen molar-refractivity contribution in [2.75, 3.05) is 18.5 Å². The van der Waals surface area contributed by atoms with Gasteiger partial charge in [-0.3, -0.25) is 4.98 Å². The third-order valence-electron chi connectivity index (χ3n) is 2.12. The van der Waals surface area contributed by atoms with Crippen LogP contribution in [0.25, 0.3) is 0 Å². The first-order valence-corrected chi connectivity index (χ1v) is 5.04. The van der Waals surface area contributed by atoms with E-state index in [4.69, 9.17) is 16.3 Å². The number of hydrogen-bond acceptors (Lipinski definition) is 4. The summed E-state index contributed by atoms with van der Waals surface area (Å²) in [4.78, 5) is 8.06. The number of rotatable bonds is 2. The Morgan fingerprint density at radius 1 is 1.50 bits per heavy atom. The molecule has 1 aliphatic rings. The molecule has 0 spiro atoms. The largest absolute Gasteiger partial charge is 0.379 e. The second-order valence-electron chi connectivity index (χ2n) is 3.29. The summed E-state index contributed by atoms with van der Waals surface area (Å²) in [6.45, 7) is 1.59. The molecule has 76 valence electrons. The Morgan fingerprint density at radius 2 is 2.43 bits per heavy atom. The third kappa shape index (κ3) is 2.56. The third-order valence-corrected chi connectivity index (χ3v) is 2.30. The Labute approximate surface area is 87.7 Å².